The highest BCUT2D eigenvalue weighted by atomic mass is 32.2. The predicted octanol–water partition coefficient (Wildman–Crippen LogP) is 4.39. The molecule has 0 unspecified atom stereocenters. The van der Waals surface area contributed by atoms with Crippen molar-refractivity contribution >= 4 is 15.9 Å². The summed E-state index contributed by atoms with van der Waals surface area (Å²) in [5.41, 5.74) is 2.63. The molecule has 0 aliphatic carbocycles. The smallest absolute Gasteiger partial charge is 0.244 e. The third kappa shape index (κ3) is 5.16. The Morgan fingerprint density at radius 2 is 1.56 bits per heavy atom. The van der Waals surface area contributed by atoms with Crippen LogP contribution in [0.5, 0.6) is 5.75 Å². The van der Waals surface area contributed by atoms with E-state index in [1.165, 1.54) is 17.5 Å². The summed E-state index contributed by atoms with van der Waals surface area (Å²) in [5.74, 6) is 0.301. The maximum absolute atomic E-state index is 13.8. The molecule has 7 heteroatoms. The number of carbonyl (C=O) groups is 1. The van der Waals surface area contributed by atoms with Crippen LogP contribution in [0.15, 0.2) is 83.8 Å². The Morgan fingerprint density at radius 3 is 2.12 bits per heavy atom. The lowest BCUT2D eigenvalue weighted by Crippen LogP contribution is -2.47. The Bertz CT molecular complexity index is 1190. The van der Waals surface area contributed by atoms with Crippen LogP contribution in [0.3, 0.4) is 0 Å². The number of ether oxygens (including phenoxy) is 1. The topological polar surface area (TPSA) is 66.9 Å². The third-order valence-corrected chi connectivity index (χ3v) is 8.27. The second kappa shape index (κ2) is 10.4. The minimum Gasteiger partial charge on any atom is -0.497 e. The molecular formula is C27H30N2O4S. The van der Waals surface area contributed by atoms with E-state index in [1.807, 2.05) is 60.7 Å². The fraction of sp³-hybridized carbons (Fsp3) is 0.296. The standard InChI is InChI=1S/C27H30N2O4S/c1-21-15-16-24(33-2)18-26(21)34(31,32)29-17-9-14-25(29)27(30)28(19-22-10-5-3-6-11-22)20-23-12-7-4-8-13-23/h3-8,10-13,15-16,18,25H,9,14,17,19-20H2,1-2H3/t25-/m1/s1. The van der Waals surface area contributed by atoms with E-state index in [0.29, 0.717) is 43.8 Å². The normalized spacial score (nSPS) is 16.4. The van der Waals surface area contributed by atoms with Crippen molar-refractivity contribution in [3.8, 4) is 5.75 Å². The molecule has 1 atom stereocenters. The van der Waals surface area contributed by atoms with Crippen molar-refractivity contribution in [2.24, 2.45) is 0 Å². The Labute approximate surface area is 201 Å². The average Bonchev–Trinajstić information content (AvgIpc) is 3.36. The van der Waals surface area contributed by atoms with Gasteiger partial charge in [-0.2, -0.15) is 4.31 Å². The summed E-state index contributed by atoms with van der Waals surface area (Å²) in [7, 11) is -2.36. The number of rotatable bonds is 8. The van der Waals surface area contributed by atoms with Crippen molar-refractivity contribution in [2.45, 2.75) is 43.8 Å². The van der Waals surface area contributed by atoms with E-state index in [-0.39, 0.29) is 10.8 Å². The van der Waals surface area contributed by atoms with Gasteiger partial charge >= 0.3 is 0 Å². The van der Waals surface area contributed by atoms with Gasteiger partial charge in [0.05, 0.1) is 12.0 Å². The van der Waals surface area contributed by atoms with Crippen molar-refractivity contribution in [3.05, 3.63) is 95.6 Å². The Kier molecular flexibility index (Phi) is 7.34. The zero-order valence-corrected chi connectivity index (χ0v) is 20.4. The van der Waals surface area contributed by atoms with Gasteiger partial charge in [0, 0.05) is 25.7 Å². The van der Waals surface area contributed by atoms with Gasteiger partial charge in [0.25, 0.3) is 0 Å². The fourth-order valence-electron chi connectivity index (χ4n) is 4.42. The number of hydrogen-bond donors (Lipinski definition) is 0. The Balaban J connectivity index is 1.65. The van der Waals surface area contributed by atoms with Crippen LogP contribution in [-0.2, 0) is 27.9 Å². The van der Waals surface area contributed by atoms with Crippen LogP contribution in [-0.4, -0.2) is 43.2 Å². The third-order valence-electron chi connectivity index (χ3n) is 6.21. The molecule has 1 fully saturated rings. The minimum absolute atomic E-state index is 0.172. The summed E-state index contributed by atoms with van der Waals surface area (Å²) in [6.45, 7) is 2.91. The molecular weight excluding hydrogens is 448 g/mol. The van der Waals surface area contributed by atoms with E-state index in [4.69, 9.17) is 4.74 Å². The summed E-state index contributed by atoms with van der Waals surface area (Å²) in [5, 5.41) is 0. The maximum atomic E-state index is 13.8. The maximum Gasteiger partial charge on any atom is 0.244 e. The van der Waals surface area contributed by atoms with Crippen LogP contribution in [0.1, 0.15) is 29.5 Å². The molecule has 1 saturated heterocycles. The summed E-state index contributed by atoms with van der Waals surface area (Å²) < 4.78 is 34.0. The van der Waals surface area contributed by atoms with E-state index in [2.05, 4.69) is 0 Å². The van der Waals surface area contributed by atoms with E-state index >= 15 is 0 Å². The molecule has 178 valence electrons. The molecule has 0 saturated carbocycles. The highest BCUT2D eigenvalue weighted by Crippen LogP contribution is 2.31. The molecule has 0 N–H and O–H groups in total. The molecule has 0 aromatic heterocycles. The minimum atomic E-state index is -3.87. The Hall–Kier alpha value is -3.16. The van der Waals surface area contributed by atoms with Crippen molar-refractivity contribution in [1.82, 2.24) is 9.21 Å². The van der Waals surface area contributed by atoms with Crippen LogP contribution in [0, 0.1) is 6.92 Å². The molecule has 1 amide bonds. The van der Waals surface area contributed by atoms with E-state index < -0.39 is 16.1 Å². The van der Waals surface area contributed by atoms with Gasteiger partial charge in [-0.1, -0.05) is 66.7 Å². The SMILES string of the molecule is COc1ccc(C)c(S(=O)(=O)N2CCC[C@@H]2C(=O)N(Cc2ccccc2)Cc2ccccc2)c1. The molecule has 4 rings (SSSR count). The Morgan fingerprint density at radius 1 is 0.971 bits per heavy atom. The molecule has 0 bridgehead atoms. The largest absolute Gasteiger partial charge is 0.497 e. The number of amides is 1. The van der Waals surface area contributed by atoms with Gasteiger partial charge in [-0.3, -0.25) is 4.79 Å². The van der Waals surface area contributed by atoms with Crippen molar-refractivity contribution in [1.29, 1.82) is 0 Å². The van der Waals surface area contributed by atoms with E-state index in [1.54, 1.807) is 24.0 Å². The number of benzene rings is 3. The second-order valence-electron chi connectivity index (χ2n) is 8.57. The van der Waals surface area contributed by atoms with Crippen molar-refractivity contribution in [2.75, 3.05) is 13.7 Å². The molecule has 0 radical (unpaired) electrons. The van der Waals surface area contributed by atoms with Crippen LogP contribution in [0.2, 0.25) is 0 Å². The summed E-state index contributed by atoms with van der Waals surface area (Å²) in [4.78, 5) is 15.8. The first-order valence-corrected chi connectivity index (χ1v) is 12.9. The molecule has 6 nitrogen and oxygen atoms in total. The molecule has 0 spiro atoms. The summed E-state index contributed by atoms with van der Waals surface area (Å²) in [6, 6.07) is 23.8. The molecule has 3 aromatic rings. The van der Waals surface area contributed by atoms with Crippen LogP contribution in [0.4, 0.5) is 0 Å². The summed E-state index contributed by atoms with van der Waals surface area (Å²) >= 11 is 0. The lowest BCUT2D eigenvalue weighted by atomic mass is 10.1. The highest BCUT2D eigenvalue weighted by Gasteiger charge is 2.41. The van der Waals surface area contributed by atoms with Gasteiger partial charge in [-0.05, 0) is 42.5 Å². The molecule has 1 aliphatic heterocycles. The first-order valence-electron chi connectivity index (χ1n) is 11.4. The van der Waals surface area contributed by atoms with Gasteiger partial charge in [0.1, 0.15) is 11.8 Å². The zero-order valence-electron chi connectivity index (χ0n) is 19.6. The molecule has 34 heavy (non-hydrogen) atoms. The van der Waals surface area contributed by atoms with Gasteiger partial charge in [-0.15, -0.1) is 0 Å². The van der Waals surface area contributed by atoms with Crippen molar-refractivity contribution in [3.63, 3.8) is 0 Å². The van der Waals surface area contributed by atoms with Gasteiger partial charge in [0.2, 0.25) is 15.9 Å². The quantitative estimate of drug-likeness (QED) is 0.482. The monoisotopic (exact) mass is 478 g/mol. The first-order chi connectivity index (χ1) is 16.4. The van der Waals surface area contributed by atoms with Crippen LogP contribution < -0.4 is 4.74 Å². The van der Waals surface area contributed by atoms with Crippen LogP contribution >= 0.6 is 0 Å². The number of hydrogen-bond acceptors (Lipinski definition) is 4. The van der Waals surface area contributed by atoms with Gasteiger partial charge in [-0.25, -0.2) is 8.42 Å². The zero-order chi connectivity index (χ0) is 24.1. The molecule has 1 heterocycles. The van der Waals surface area contributed by atoms with Crippen molar-refractivity contribution < 1.29 is 17.9 Å². The van der Waals surface area contributed by atoms with E-state index in [9.17, 15) is 13.2 Å². The number of aryl methyl sites for hydroxylation is 1. The summed E-state index contributed by atoms with van der Waals surface area (Å²) in [6.07, 6.45) is 1.14. The first kappa shape index (κ1) is 24.0. The highest BCUT2D eigenvalue weighted by molar-refractivity contribution is 7.89. The van der Waals surface area contributed by atoms with Crippen LogP contribution in [0.25, 0.3) is 0 Å². The van der Waals surface area contributed by atoms with Gasteiger partial charge in [0.15, 0.2) is 0 Å². The average molecular weight is 479 g/mol. The molecule has 1 aliphatic rings. The van der Waals surface area contributed by atoms with E-state index in [0.717, 1.165) is 11.1 Å². The second-order valence-corrected chi connectivity index (χ2v) is 10.4. The number of nitrogens with zero attached hydrogens (tertiary/aromatic N) is 2. The number of sulfonamides is 1. The van der Waals surface area contributed by atoms with Gasteiger partial charge < -0.3 is 9.64 Å². The number of carbonyl (C=O) groups excluding carboxylic acids is 1. The fourth-order valence-corrected chi connectivity index (χ4v) is 6.31. The molecule has 3 aromatic carbocycles. The lowest BCUT2D eigenvalue weighted by Gasteiger charge is -2.30. The predicted molar refractivity (Wildman–Crippen MR) is 132 cm³/mol. The number of methoxy groups -OCH3 is 1. The lowest BCUT2D eigenvalue weighted by molar-refractivity contribution is -0.135.